The standard InChI is InChI=1S/C22H12Cl2F3N3O2S/c23-13-5-1-11(2-6-13)15-17(12-3-7-14(24)8-4-12)29-19(22(25,26)27)16(18(15)31)20(32)30-21-28-9-10-33-21/h1-10H,(H,29,31)(H,28,30,32). The van der Waals surface area contributed by atoms with Gasteiger partial charge in [-0.1, -0.05) is 47.5 Å². The normalized spacial score (nSPS) is 11.4. The van der Waals surface area contributed by atoms with E-state index in [0.717, 1.165) is 11.3 Å². The molecule has 0 atom stereocenters. The van der Waals surface area contributed by atoms with E-state index in [1.54, 1.807) is 5.38 Å². The fraction of sp³-hybridized carbons (Fsp3) is 0.0455. The van der Waals surface area contributed by atoms with Crippen LogP contribution in [-0.2, 0) is 6.18 Å². The van der Waals surface area contributed by atoms with E-state index >= 15 is 0 Å². The Morgan fingerprint density at radius 3 is 2.06 bits per heavy atom. The summed E-state index contributed by atoms with van der Waals surface area (Å²) in [5.41, 5.74) is -2.21. The fourth-order valence-electron chi connectivity index (χ4n) is 3.14. The first-order chi connectivity index (χ1) is 15.6. The maximum Gasteiger partial charge on any atom is 0.434 e. The van der Waals surface area contributed by atoms with E-state index in [1.807, 2.05) is 0 Å². The third-order valence-electron chi connectivity index (χ3n) is 4.57. The van der Waals surface area contributed by atoms with E-state index in [-0.39, 0.29) is 22.0 Å². The number of aromatic nitrogens is 2. The second-order valence-corrected chi connectivity index (χ2v) is 8.48. The Balaban J connectivity index is 2.02. The van der Waals surface area contributed by atoms with Gasteiger partial charge >= 0.3 is 6.18 Å². The van der Waals surface area contributed by atoms with Gasteiger partial charge in [0, 0.05) is 27.2 Å². The molecule has 168 valence electrons. The quantitative estimate of drug-likeness (QED) is 0.306. The Kier molecular flexibility index (Phi) is 6.29. The van der Waals surface area contributed by atoms with Crippen LogP contribution >= 0.6 is 34.5 Å². The number of carbonyl (C=O) groups is 1. The number of halogens is 5. The topological polar surface area (TPSA) is 75.1 Å². The van der Waals surface area contributed by atoms with E-state index in [2.05, 4.69) is 15.3 Å². The SMILES string of the molecule is O=C(Nc1nccs1)c1c(C(F)(F)F)nc(-c2ccc(Cl)cc2)c(-c2ccc(Cl)cc2)c1O. The summed E-state index contributed by atoms with van der Waals surface area (Å²) in [5, 5.41) is 15.7. The van der Waals surface area contributed by atoms with Crippen LogP contribution in [0.25, 0.3) is 22.4 Å². The lowest BCUT2D eigenvalue weighted by Gasteiger charge is -2.19. The minimum absolute atomic E-state index is 0.0636. The van der Waals surface area contributed by atoms with Crippen LogP contribution in [0.2, 0.25) is 10.0 Å². The van der Waals surface area contributed by atoms with Gasteiger partial charge in [-0.05, 0) is 29.8 Å². The molecule has 0 saturated carbocycles. The number of pyridine rings is 1. The van der Waals surface area contributed by atoms with E-state index < -0.39 is 29.1 Å². The minimum Gasteiger partial charge on any atom is -0.506 e. The Morgan fingerprint density at radius 1 is 0.970 bits per heavy atom. The van der Waals surface area contributed by atoms with Crippen molar-refractivity contribution in [2.75, 3.05) is 5.32 Å². The molecule has 0 aliphatic carbocycles. The van der Waals surface area contributed by atoms with Crippen molar-refractivity contribution in [3.63, 3.8) is 0 Å². The van der Waals surface area contributed by atoms with Crippen molar-refractivity contribution in [3.05, 3.63) is 81.4 Å². The predicted octanol–water partition coefficient (Wildman–Crippen LogP) is 7.16. The van der Waals surface area contributed by atoms with Crippen LogP contribution in [0.1, 0.15) is 16.1 Å². The molecular formula is C22H12Cl2F3N3O2S. The molecule has 0 bridgehead atoms. The highest BCUT2D eigenvalue weighted by molar-refractivity contribution is 7.13. The molecule has 0 aliphatic rings. The van der Waals surface area contributed by atoms with E-state index in [4.69, 9.17) is 23.2 Å². The molecule has 0 radical (unpaired) electrons. The summed E-state index contributed by atoms with van der Waals surface area (Å²) in [6, 6.07) is 11.9. The lowest BCUT2D eigenvalue weighted by molar-refractivity contribution is -0.141. The number of aromatic hydroxyl groups is 1. The molecule has 4 aromatic rings. The molecule has 2 aromatic carbocycles. The van der Waals surface area contributed by atoms with Gasteiger partial charge in [0.25, 0.3) is 5.91 Å². The van der Waals surface area contributed by atoms with Gasteiger partial charge in [0.2, 0.25) is 0 Å². The van der Waals surface area contributed by atoms with Crippen LogP contribution in [0.15, 0.2) is 60.1 Å². The minimum atomic E-state index is -5.03. The molecule has 0 fully saturated rings. The Morgan fingerprint density at radius 2 is 1.55 bits per heavy atom. The van der Waals surface area contributed by atoms with Crippen molar-refractivity contribution in [2.24, 2.45) is 0 Å². The van der Waals surface area contributed by atoms with Gasteiger partial charge in [0.1, 0.15) is 11.3 Å². The number of hydrogen-bond donors (Lipinski definition) is 2. The highest BCUT2D eigenvalue weighted by Crippen LogP contribution is 2.45. The number of hydrogen-bond acceptors (Lipinski definition) is 5. The van der Waals surface area contributed by atoms with Crippen molar-refractivity contribution >= 4 is 45.6 Å². The molecular weight excluding hydrogens is 498 g/mol. The molecule has 33 heavy (non-hydrogen) atoms. The van der Waals surface area contributed by atoms with E-state index in [1.165, 1.54) is 54.7 Å². The zero-order valence-corrected chi connectivity index (χ0v) is 18.6. The summed E-state index contributed by atoms with van der Waals surface area (Å²) in [6.07, 6.45) is -3.65. The number of alkyl halides is 3. The average molecular weight is 510 g/mol. The van der Waals surface area contributed by atoms with Crippen molar-refractivity contribution in [3.8, 4) is 28.1 Å². The molecule has 5 nitrogen and oxygen atoms in total. The first-order valence-corrected chi connectivity index (χ1v) is 10.9. The number of rotatable bonds is 4. The highest BCUT2D eigenvalue weighted by atomic mass is 35.5. The summed E-state index contributed by atoms with van der Waals surface area (Å²) in [4.78, 5) is 20.5. The third-order valence-corrected chi connectivity index (χ3v) is 5.76. The summed E-state index contributed by atoms with van der Waals surface area (Å²) in [5.74, 6) is -2.07. The number of amides is 1. The zero-order chi connectivity index (χ0) is 23.8. The van der Waals surface area contributed by atoms with Gasteiger partial charge in [-0.2, -0.15) is 13.2 Å². The van der Waals surface area contributed by atoms with Crippen LogP contribution < -0.4 is 5.32 Å². The molecule has 2 aromatic heterocycles. The van der Waals surface area contributed by atoms with Gasteiger partial charge in [0.05, 0.1) is 11.3 Å². The molecule has 0 aliphatic heterocycles. The van der Waals surface area contributed by atoms with Crippen molar-refractivity contribution in [1.29, 1.82) is 0 Å². The van der Waals surface area contributed by atoms with Crippen molar-refractivity contribution in [2.45, 2.75) is 6.18 Å². The molecule has 1 amide bonds. The lowest BCUT2D eigenvalue weighted by Crippen LogP contribution is -2.21. The van der Waals surface area contributed by atoms with Gasteiger partial charge in [0.15, 0.2) is 10.8 Å². The van der Waals surface area contributed by atoms with E-state index in [9.17, 15) is 23.1 Å². The summed E-state index contributed by atoms with van der Waals surface area (Å²) in [6.45, 7) is 0. The van der Waals surface area contributed by atoms with Crippen LogP contribution in [0.3, 0.4) is 0 Å². The van der Waals surface area contributed by atoms with E-state index in [0.29, 0.717) is 15.6 Å². The largest absolute Gasteiger partial charge is 0.506 e. The maximum atomic E-state index is 14.0. The van der Waals surface area contributed by atoms with Crippen LogP contribution in [0.5, 0.6) is 5.75 Å². The molecule has 0 unspecified atom stereocenters. The zero-order valence-electron chi connectivity index (χ0n) is 16.3. The fourth-order valence-corrected chi connectivity index (χ4v) is 3.92. The maximum absolute atomic E-state index is 14.0. The van der Waals surface area contributed by atoms with Crippen LogP contribution in [0, 0.1) is 0 Å². The summed E-state index contributed by atoms with van der Waals surface area (Å²) >= 11 is 12.9. The van der Waals surface area contributed by atoms with Gasteiger partial charge in [-0.15, -0.1) is 11.3 Å². The Bertz CT molecular complexity index is 1310. The monoisotopic (exact) mass is 509 g/mol. The number of carbonyl (C=O) groups excluding carboxylic acids is 1. The predicted molar refractivity (Wildman–Crippen MR) is 122 cm³/mol. The third kappa shape index (κ3) is 4.80. The van der Waals surface area contributed by atoms with Crippen LogP contribution in [-0.4, -0.2) is 21.0 Å². The molecule has 0 saturated heterocycles. The Labute approximate surface area is 199 Å². The van der Waals surface area contributed by atoms with Crippen LogP contribution in [0.4, 0.5) is 18.3 Å². The van der Waals surface area contributed by atoms with Gasteiger partial charge in [-0.3, -0.25) is 10.1 Å². The molecule has 0 spiro atoms. The lowest BCUT2D eigenvalue weighted by atomic mass is 9.94. The van der Waals surface area contributed by atoms with Gasteiger partial charge < -0.3 is 5.11 Å². The summed E-state index contributed by atoms with van der Waals surface area (Å²) in [7, 11) is 0. The number of benzene rings is 2. The Hall–Kier alpha value is -3.14. The average Bonchev–Trinajstić information content (AvgIpc) is 3.27. The molecule has 2 heterocycles. The highest BCUT2D eigenvalue weighted by Gasteiger charge is 2.41. The van der Waals surface area contributed by atoms with Crippen molar-refractivity contribution in [1.82, 2.24) is 9.97 Å². The molecule has 2 N–H and O–H groups in total. The number of nitrogens with one attached hydrogen (secondary N) is 1. The first kappa shape index (κ1) is 23.0. The summed E-state index contributed by atoms with van der Waals surface area (Å²) < 4.78 is 42.0. The van der Waals surface area contributed by atoms with Gasteiger partial charge in [-0.25, -0.2) is 9.97 Å². The smallest absolute Gasteiger partial charge is 0.434 e. The molecule has 11 heteroatoms. The number of nitrogens with zero attached hydrogens (tertiary/aromatic N) is 2. The second kappa shape index (κ2) is 9.01. The second-order valence-electron chi connectivity index (χ2n) is 6.71. The number of anilines is 1. The molecule has 4 rings (SSSR count). The van der Waals surface area contributed by atoms with Crippen molar-refractivity contribution < 1.29 is 23.1 Å². The number of thiazole rings is 1. The first-order valence-electron chi connectivity index (χ1n) is 9.22.